The Balaban J connectivity index is 1.62. The van der Waals surface area contributed by atoms with Gasteiger partial charge in [-0.15, -0.1) is 0 Å². The Kier molecular flexibility index (Phi) is 11.2. The topological polar surface area (TPSA) is 105 Å². The number of benzene rings is 1. The number of carbonyl (C=O) groups is 1. The van der Waals surface area contributed by atoms with E-state index in [-0.39, 0.29) is 55.8 Å². The lowest BCUT2D eigenvalue weighted by Gasteiger charge is -2.49. The molecule has 1 aromatic carbocycles. The number of carbonyl (C=O) groups excluding carboxylic acids is 1. The van der Waals surface area contributed by atoms with Gasteiger partial charge in [-0.05, 0) is 88.0 Å². The van der Waals surface area contributed by atoms with Gasteiger partial charge in [0.15, 0.2) is 0 Å². The molecule has 2 N–H and O–H groups in total. The van der Waals surface area contributed by atoms with E-state index in [0.29, 0.717) is 18.4 Å². The van der Waals surface area contributed by atoms with Gasteiger partial charge in [-0.2, -0.15) is 26.3 Å². The lowest BCUT2D eigenvalue weighted by molar-refractivity contribution is -0.181. The number of alkyl halides is 5. The Labute approximate surface area is 259 Å². The molecule has 0 spiro atoms. The van der Waals surface area contributed by atoms with Crippen LogP contribution in [0.2, 0.25) is 0 Å². The Bertz CT molecular complexity index is 1310. The molecule has 1 heterocycles. The Hall–Kier alpha value is -1.94. The van der Waals surface area contributed by atoms with Crippen molar-refractivity contribution in [2.24, 2.45) is 11.3 Å². The number of nitrogens with zero attached hydrogens (tertiary/aromatic N) is 1. The molecule has 2 aliphatic carbocycles. The predicted octanol–water partition coefficient (Wildman–Crippen LogP) is 5.16. The second kappa shape index (κ2) is 14.0. The largest absolute Gasteiger partial charge is 0.395 e. The predicted molar refractivity (Wildman–Crippen MR) is 152 cm³/mol. The zero-order valence-corrected chi connectivity index (χ0v) is 26.4. The quantitative estimate of drug-likeness (QED) is 0.333. The third-order valence-electron chi connectivity index (χ3n) is 9.47. The van der Waals surface area contributed by atoms with E-state index in [1.165, 1.54) is 18.2 Å². The number of fused-ring (bicyclic) bond motifs is 1. The average Bonchev–Trinajstić information content (AvgIpc) is 2.99. The second-order valence-corrected chi connectivity index (χ2v) is 15.3. The molecule has 1 amide bonds. The summed E-state index contributed by atoms with van der Waals surface area (Å²) in [7, 11) is -4.28. The fourth-order valence-corrected chi connectivity index (χ4v) is 9.04. The number of halogens is 6. The molecule has 6 atom stereocenters. The van der Waals surface area contributed by atoms with E-state index in [4.69, 9.17) is 4.74 Å². The van der Waals surface area contributed by atoms with E-state index in [0.717, 1.165) is 6.07 Å². The highest BCUT2D eigenvalue weighted by molar-refractivity contribution is 7.89. The Morgan fingerprint density at radius 2 is 1.87 bits per heavy atom. The number of amides is 1. The number of aliphatic hydroxyl groups is 1. The van der Waals surface area contributed by atoms with E-state index < -0.39 is 89.0 Å². The number of rotatable bonds is 10. The second-order valence-electron chi connectivity index (χ2n) is 13.1. The highest BCUT2D eigenvalue weighted by Gasteiger charge is 2.51. The van der Waals surface area contributed by atoms with Gasteiger partial charge in [-0.3, -0.25) is 4.79 Å². The first-order valence-electron chi connectivity index (χ1n) is 15.2. The Morgan fingerprint density at radius 3 is 2.51 bits per heavy atom. The van der Waals surface area contributed by atoms with Crippen LogP contribution in [0.25, 0.3) is 0 Å². The van der Waals surface area contributed by atoms with E-state index in [1.807, 2.05) is 0 Å². The van der Waals surface area contributed by atoms with Crippen molar-refractivity contribution in [3.63, 3.8) is 0 Å². The standard InChI is InChI=1S/C30H42F6N2O6S/c1-17-23(9-18(10-24(17)31)15-43-28(32)33)19-7-8-26-25(11-19)38(14-21(44-26)13-37-27(40)29(2,3)16-39)45(41,42)22-6-4-5-20(12-22)30(34,35)36/h9-10,19-22,25-26,28,39H,4-8,11-16H2,1-3H3,(H,37,40)/t19?,20?,21-,22?,25?,26?/m0/s1. The molecule has 3 aliphatic rings. The van der Waals surface area contributed by atoms with Gasteiger partial charge in [0.2, 0.25) is 15.9 Å². The summed E-state index contributed by atoms with van der Waals surface area (Å²) in [5, 5.41) is 11.0. The van der Waals surface area contributed by atoms with Crippen LogP contribution in [0.15, 0.2) is 12.1 Å². The molecule has 1 aliphatic heterocycles. The van der Waals surface area contributed by atoms with Gasteiger partial charge in [0.25, 0.3) is 0 Å². The van der Waals surface area contributed by atoms with Crippen LogP contribution in [-0.2, 0) is 30.9 Å². The van der Waals surface area contributed by atoms with Crippen LogP contribution in [-0.4, -0.2) is 79.7 Å². The minimum atomic E-state index is -4.52. The minimum Gasteiger partial charge on any atom is -0.395 e. The van der Waals surface area contributed by atoms with Crippen LogP contribution in [0.3, 0.4) is 0 Å². The van der Waals surface area contributed by atoms with Crippen molar-refractivity contribution >= 4 is 15.9 Å². The molecule has 0 aromatic heterocycles. The Morgan fingerprint density at radius 1 is 1.16 bits per heavy atom. The molecule has 0 radical (unpaired) electrons. The van der Waals surface area contributed by atoms with Crippen molar-refractivity contribution in [2.75, 3.05) is 19.7 Å². The van der Waals surface area contributed by atoms with Crippen LogP contribution >= 0.6 is 0 Å². The van der Waals surface area contributed by atoms with E-state index in [1.54, 1.807) is 13.0 Å². The molecule has 256 valence electrons. The number of hydrogen-bond acceptors (Lipinski definition) is 6. The van der Waals surface area contributed by atoms with Gasteiger partial charge in [-0.25, -0.2) is 12.8 Å². The molecule has 8 nitrogen and oxygen atoms in total. The molecular weight excluding hydrogens is 630 g/mol. The SMILES string of the molecule is Cc1c(F)cc(COC(F)F)cc1C1CCC2O[C@@H](CNC(=O)C(C)(C)CO)CN(S(=O)(=O)C3CCCC(C(F)(F)F)C3)C2C1. The molecule has 4 rings (SSSR count). The van der Waals surface area contributed by atoms with Crippen LogP contribution in [0.4, 0.5) is 26.3 Å². The van der Waals surface area contributed by atoms with E-state index >= 15 is 0 Å². The molecule has 3 fully saturated rings. The molecule has 0 bridgehead atoms. The van der Waals surface area contributed by atoms with Crippen molar-refractivity contribution in [1.29, 1.82) is 0 Å². The smallest absolute Gasteiger partial charge is 0.391 e. The lowest BCUT2D eigenvalue weighted by Crippen LogP contribution is -2.62. The zero-order chi connectivity index (χ0) is 33.3. The normalized spacial score (nSPS) is 28.6. The van der Waals surface area contributed by atoms with Crippen molar-refractivity contribution < 1.29 is 54.1 Å². The van der Waals surface area contributed by atoms with Crippen LogP contribution < -0.4 is 5.32 Å². The summed E-state index contributed by atoms with van der Waals surface area (Å²) in [5.41, 5.74) is -0.0913. The van der Waals surface area contributed by atoms with Gasteiger partial charge in [0.1, 0.15) is 5.82 Å². The first-order valence-corrected chi connectivity index (χ1v) is 16.7. The maximum atomic E-state index is 14.9. The van der Waals surface area contributed by atoms with Gasteiger partial charge in [0, 0.05) is 13.1 Å². The van der Waals surface area contributed by atoms with Gasteiger partial charge < -0.3 is 19.9 Å². The summed E-state index contributed by atoms with van der Waals surface area (Å²) < 4.78 is 121. The summed E-state index contributed by atoms with van der Waals surface area (Å²) in [6, 6.07) is 1.92. The summed E-state index contributed by atoms with van der Waals surface area (Å²) in [4.78, 5) is 12.6. The van der Waals surface area contributed by atoms with Crippen molar-refractivity contribution in [3.8, 4) is 0 Å². The summed E-state index contributed by atoms with van der Waals surface area (Å²) >= 11 is 0. The average molecular weight is 673 g/mol. The van der Waals surface area contributed by atoms with Crippen molar-refractivity contribution in [1.82, 2.24) is 9.62 Å². The maximum Gasteiger partial charge on any atom is 0.391 e. The molecule has 15 heteroatoms. The zero-order valence-electron chi connectivity index (χ0n) is 25.6. The summed E-state index contributed by atoms with van der Waals surface area (Å²) in [6.45, 7) is 0.352. The number of ether oxygens (including phenoxy) is 2. The van der Waals surface area contributed by atoms with Gasteiger partial charge >= 0.3 is 12.8 Å². The summed E-state index contributed by atoms with van der Waals surface area (Å²) in [5.74, 6) is -3.21. The molecule has 1 aromatic rings. The van der Waals surface area contributed by atoms with Crippen molar-refractivity contribution in [3.05, 3.63) is 34.6 Å². The number of nitrogens with one attached hydrogen (secondary N) is 1. The van der Waals surface area contributed by atoms with E-state index in [2.05, 4.69) is 10.1 Å². The van der Waals surface area contributed by atoms with E-state index in [9.17, 15) is 44.7 Å². The highest BCUT2D eigenvalue weighted by Crippen LogP contribution is 2.45. The molecule has 1 saturated heterocycles. The monoisotopic (exact) mass is 672 g/mol. The molecule has 5 unspecified atom stereocenters. The number of morpholine rings is 1. The van der Waals surface area contributed by atoms with Crippen LogP contribution in [0, 0.1) is 24.1 Å². The van der Waals surface area contributed by atoms with Crippen LogP contribution in [0.1, 0.15) is 81.4 Å². The first-order chi connectivity index (χ1) is 20.9. The molecular formula is C30H42F6N2O6S. The van der Waals surface area contributed by atoms with Gasteiger partial charge in [0.05, 0.1) is 48.0 Å². The summed E-state index contributed by atoms with van der Waals surface area (Å²) in [6.07, 6.45) is -5.51. The number of sulfonamides is 1. The van der Waals surface area contributed by atoms with Gasteiger partial charge in [-0.1, -0.05) is 12.5 Å². The lowest BCUT2D eigenvalue weighted by atomic mass is 9.77. The third-order valence-corrected chi connectivity index (χ3v) is 11.8. The van der Waals surface area contributed by atoms with Crippen LogP contribution in [0.5, 0.6) is 0 Å². The maximum absolute atomic E-state index is 14.9. The van der Waals surface area contributed by atoms with Crippen molar-refractivity contribution in [2.45, 2.75) is 115 Å². The molecule has 2 saturated carbocycles. The number of aliphatic hydroxyl groups excluding tert-OH is 1. The fourth-order valence-electron chi connectivity index (χ4n) is 6.74. The molecule has 45 heavy (non-hydrogen) atoms. The number of hydrogen-bond donors (Lipinski definition) is 2. The first kappa shape index (κ1) is 35.9. The highest BCUT2D eigenvalue weighted by atomic mass is 32.2. The fraction of sp³-hybridized carbons (Fsp3) is 0.767. The minimum absolute atomic E-state index is 0.0761. The third kappa shape index (κ3) is 8.32.